The van der Waals surface area contributed by atoms with Gasteiger partial charge in [0, 0.05) is 18.0 Å². The van der Waals surface area contributed by atoms with Gasteiger partial charge in [-0.15, -0.1) is 0 Å². The third kappa shape index (κ3) is 1.88. The van der Waals surface area contributed by atoms with Crippen LogP contribution in [0.25, 0.3) is 33.2 Å². The van der Waals surface area contributed by atoms with Crippen LogP contribution >= 0.6 is 0 Å². The van der Waals surface area contributed by atoms with Crippen molar-refractivity contribution in [1.29, 1.82) is 0 Å². The van der Waals surface area contributed by atoms with Gasteiger partial charge in [-0.3, -0.25) is 4.79 Å². The molecule has 0 spiro atoms. The Morgan fingerprint density at radius 2 is 1.71 bits per heavy atom. The molecule has 1 N–H and O–H groups in total. The summed E-state index contributed by atoms with van der Waals surface area (Å²) in [4.78, 5) is 24.6. The molecular formula is C19H13NO4. The summed E-state index contributed by atoms with van der Waals surface area (Å²) in [5.74, 6) is -0.980. The first-order valence-corrected chi connectivity index (χ1v) is 7.42. The fourth-order valence-corrected chi connectivity index (χ4v) is 3.06. The third-order valence-electron chi connectivity index (χ3n) is 4.19. The zero-order chi connectivity index (χ0) is 16.8. The number of carboxylic acid groups (broad SMARTS) is 1. The lowest BCUT2D eigenvalue weighted by Crippen LogP contribution is -2.18. The van der Waals surface area contributed by atoms with Crippen LogP contribution < -0.4 is 5.56 Å². The number of hydrogen-bond acceptors (Lipinski definition) is 3. The van der Waals surface area contributed by atoms with Gasteiger partial charge in [-0.2, -0.15) is 0 Å². The van der Waals surface area contributed by atoms with E-state index in [9.17, 15) is 14.7 Å². The molecule has 0 saturated heterocycles. The number of para-hydroxylation sites is 1. The van der Waals surface area contributed by atoms with Gasteiger partial charge in [-0.25, -0.2) is 4.79 Å². The van der Waals surface area contributed by atoms with E-state index >= 15 is 0 Å². The van der Waals surface area contributed by atoms with E-state index in [1.807, 2.05) is 24.3 Å². The summed E-state index contributed by atoms with van der Waals surface area (Å²) in [6, 6.07) is 16.2. The minimum Gasteiger partial charge on any atom is -0.478 e. The second kappa shape index (κ2) is 5.09. The standard InChI is InChI=1S/C19H13NO4/c1-20-13-10-6-5-9-12(13)17-14(18(20)21)15(19(22)23)16(24-17)11-7-3-2-4-8-11/h2-10H,1H3,(H,22,23). The molecule has 0 bridgehead atoms. The number of pyridine rings is 1. The van der Waals surface area contributed by atoms with Gasteiger partial charge in [0.05, 0.1) is 5.52 Å². The van der Waals surface area contributed by atoms with Crippen LogP contribution in [0, 0.1) is 0 Å². The second-order valence-electron chi connectivity index (χ2n) is 5.56. The van der Waals surface area contributed by atoms with Crippen LogP contribution in [0.2, 0.25) is 0 Å². The summed E-state index contributed by atoms with van der Waals surface area (Å²) in [5, 5.41) is 10.5. The summed E-state index contributed by atoms with van der Waals surface area (Å²) < 4.78 is 7.35. The van der Waals surface area contributed by atoms with E-state index in [-0.39, 0.29) is 22.3 Å². The molecule has 0 radical (unpaired) electrons. The average Bonchev–Trinajstić information content (AvgIpc) is 3.01. The highest BCUT2D eigenvalue weighted by Gasteiger charge is 2.26. The van der Waals surface area contributed by atoms with Crippen LogP contribution in [0.1, 0.15) is 10.4 Å². The van der Waals surface area contributed by atoms with Crippen LogP contribution in [0.4, 0.5) is 0 Å². The smallest absolute Gasteiger partial charge is 0.340 e. The highest BCUT2D eigenvalue weighted by Crippen LogP contribution is 2.35. The van der Waals surface area contributed by atoms with Crippen LogP contribution in [-0.4, -0.2) is 15.6 Å². The van der Waals surface area contributed by atoms with Crippen molar-refractivity contribution in [1.82, 2.24) is 4.57 Å². The molecule has 4 rings (SSSR count). The van der Waals surface area contributed by atoms with Gasteiger partial charge in [0.2, 0.25) is 0 Å². The van der Waals surface area contributed by atoms with Crippen molar-refractivity contribution in [3.8, 4) is 11.3 Å². The van der Waals surface area contributed by atoms with E-state index in [0.29, 0.717) is 22.0 Å². The Hall–Kier alpha value is -3.34. The molecule has 2 aromatic heterocycles. The van der Waals surface area contributed by atoms with Crippen LogP contribution in [0.3, 0.4) is 0 Å². The molecule has 24 heavy (non-hydrogen) atoms. The maximum Gasteiger partial charge on any atom is 0.340 e. The molecular weight excluding hydrogens is 306 g/mol. The second-order valence-corrected chi connectivity index (χ2v) is 5.56. The fourth-order valence-electron chi connectivity index (χ4n) is 3.06. The lowest BCUT2D eigenvalue weighted by atomic mass is 10.1. The van der Waals surface area contributed by atoms with Gasteiger partial charge in [-0.1, -0.05) is 42.5 Å². The molecule has 0 aliphatic carbocycles. The monoisotopic (exact) mass is 319 g/mol. The van der Waals surface area contributed by atoms with Crippen LogP contribution in [0.15, 0.2) is 63.8 Å². The van der Waals surface area contributed by atoms with Gasteiger partial charge in [0.15, 0.2) is 5.58 Å². The fraction of sp³-hybridized carbons (Fsp3) is 0.0526. The summed E-state index contributed by atoms with van der Waals surface area (Å²) in [7, 11) is 1.63. The van der Waals surface area contributed by atoms with Crippen molar-refractivity contribution in [2.24, 2.45) is 7.05 Å². The van der Waals surface area contributed by atoms with Gasteiger partial charge >= 0.3 is 5.97 Å². The number of carboxylic acids is 1. The Kier molecular flexibility index (Phi) is 3.03. The van der Waals surface area contributed by atoms with Gasteiger partial charge in [0.1, 0.15) is 16.7 Å². The molecule has 5 nitrogen and oxygen atoms in total. The lowest BCUT2D eigenvalue weighted by Gasteiger charge is -2.04. The van der Waals surface area contributed by atoms with Crippen molar-refractivity contribution < 1.29 is 14.3 Å². The molecule has 118 valence electrons. The molecule has 0 aliphatic rings. The maximum absolute atomic E-state index is 12.8. The number of furan rings is 1. The zero-order valence-electron chi connectivity index (χ0n) is 12.8. The number of fused-ring (bicyclic) bond motifs is 3. The van der Waals surface area contributed by atoms with Crippen molar-refractivity contribution >= 4 is 27.8 Å². The molecule has 5 heteroatoms. The van der Waals surface area contributed by atoms with E-state index in [1.165, 1.54) is 4.57 Å². The predicted molar refractivity (Wildman–Crippen MR) is 91.4 cm³/mol. The molecule has 0 atom stereocenters. The highest BCUT2D eigenvalue weighted by atomic mass is 16.4. The van der Waals surface area contributed by atoms with E-state index in [1.54, 1.807) is 37.4 Å². The molecule has 0 saturated carbocycles. The topological polar surface area (TPSA) is 72.4 Å². The first-order chi connectivity index (χ1) is 11.6. The minimum atomic E-state index is -1.18. The van der Waals surface area contributed by atoms with Crippen molar-refractivity contribution in [2.45, 2.75) is 0 Å². The molecule has 0 unspecified atom stereocenters. The largest absolute Gasteiger partial charge is 0.478 e. The number of rotatable bonds is 2. The van der Waals surface area contributed by atoms with Gasteiger partial charge in [0.25, 0.3) is 5.56 Å². The first-order valence-electron chi connectivity index (χ1n) is 7.42. The molecule has 2 heterocycles. The number of aromatic nitrogens is 1. The number of benzene rings is 2. The SMILES string of the molecule is Cn1c(=O)c2c(C(=O)O)c(-c3ccccc3)oc2c2ccccc21. The summed E-state index contributed by atoms with van der Waals surface area (Å²) in [6.45, 7) is 0. The van der Waals surface area contributed by atoms with Crippen molar-refractivity contribution in [3.63, 3.8) is 0 Å². The zero-order valence-corrected chi connectivity index (χ0v) is 12.8. The van der Waals surface area contributed by atoms with E-state index < -0.39 is 5.97 Å². The Labute approximate surface area is 136 Å². The van der Waals surface area contributed by atoms with Crippen molar-refractivity contribution in [3.05, 3.63) is 70.5 Å². The first kappa shape index (κ1) is 14.3. The van der Waals surface area contributed by atoms with E-state index in [2.05, 4.69) is 0 Å². The number of aryl methyl sites for hydroxylation is 1. The lowest BCUT2D eigenvalue weighted by molar-refractivity contribution is 0.0699. The van der Waals surface area contributed by atoms with Crippen LogP contribution in [0.5, 0.6) is 0 Å². The minimum absolute atomic E-state index is 0.0949. The highest BCUT2D eigenvalue weighted by molar-refractivity contribution is 6.14. The average molecular weight is 319 g/mol. The molecule has 0 amide bonds. The maximum atomic E-state index is 12.8. The molecule has 2 aromatic carbocycles. The number of aromatic carboxylic acids is 1. The van der Waals surface area contributed by atoms with Crippen LogP contribution in [-0.2, 0) is 7.05 Å². The van der Waals surface area contributed by atoms with Gasteiger partial charge < -0.3 is 14.1 Å². The Balaban J connectivity index is 2.27. The Bertz CT molecular complexity index is 1150. The molecule has 0 fully saturated rings. The summed E-state index contributed by atoms with van der Waals surface area (Å²) in [5.41, 5.74) is 1.15. The van der Waals surface area contributed by atoms with E-state index in [4.69, 9.17) is 4.42 Å². The van der Waals surface area contributed by atoms with Gasteiger partial charge in [-0.05, 0) is 12.1 Å². The predicted octanol–water partition coefficient (Wildman–Crippen LogP) is 3.65. The summed E-state index contributed by atoms with van der Waals surface area (Å²) in [6.07, 6.45) is 0. The quantitative estimate of drug-likeness (QED) is 0.612. The number of carbonyl (C=O) groups is 1. The normalized spacial score (nSPS) is 11.2. The summed E-state index contributed by atoms with van der Waals surface area (Å²) >= 11 is 0. The third-order valence-corrected chi connectivity index (χ3v) is 4.19. The van der Waals surface area contributed by atoms with Crippen molar-refractivity contribution in [2.75, 3.05) is 0 Å². The Morgan fingerprint density at radius 3 is 2.42 bits per heavy atom. The molecule has 0 aliphatic heterocycles. The number of hydrogen-bond donors (Lipinski definition) is 1. The molecule has 4 aromatic rings. The van der Waals surface area contributed by atoms with E-state index in [0.717, 1.165) is 0 Å². The Morgan fingerprint density at radius 1 is 1.04 bits per heavy atom. The number of nitrogens with zero attached hydrogens (tertiary/aromatic N) is 1.